The summed E-state index contributed by atoms with van der Waals surface area (Å²) < 4.78 is 5.51. The van der Waals surface area contributed by atoms with Crippen LogP contribution in [-0.4, -0.2) is 23.1 Å². The summed E-state index contributed by atoms with van der Waals surface area (Å²) in [5.74, 6) is 3.03. The van der Waals surface area contributed by atoms with Crippen molar-refractivity contribution in [1.82, 2.24) is 4.98 Å². The molecule has 0 saturated carbocycles. The first-order valence-corrected chi connectivity index (χ1v) is 6.86. The Labute approximate surface area is 97.6 Å². The molecule has 0 aliphatic rings. The lowest BCUT2D eigenvalue weighted by Crippen LogP contribution is -2.00. The lowest BCUT2D eigenvalue weighted by atomic mass is 10.4. The number of alkyl halides is 1. The predicted molar refractivity (Wildman–Crippen MR) is 65.4 cm³/mol. The van der Waals surface area contributed by atoms with E-state index in [9.17, 15) is 0 Å². The molecule has 78 valence electrons. The maximum absolute atomic E-state index is 5.51. The molecule has 0 N–H and O–H groups in total. The number of thioether (sulfide) groups is 1. The first-order valence-electron chi connectivity index (χ1n) is 4.58. The van der Waals surface area contributed by atoms with Crippen molar-refractivity contribution in [1.29, 1.82) is 0 Å². The van der Waals surface area contributed by atoms with E-state index in [0.29, 0.717) is 0 Å². The molecule has 0 spiro atoms. The van der Waals surface area contributed by atoms with Crippen molar-refractivity contribution in [2.45, 2.75) is 12.3 Å². The summed E-state index contributed by atoms with van der Waals surface area (Å²) in [6, 6.07) is 3.93. The third-order valence-electron chi connectivity index (χ3n) is 1.64. The molecule has 1 heterocycles. The molecule has 0 fully saturated rings. The average molecular weight is 276 g/mol. The summed E-state index contributed by atoms with van der Waals surface area (Å²) in [6.45, 7) is 2.91. The molecule has 4 heteroatoms. The maximum atomic E-state index is 5.51. The molecule has 0 saturated heterocycles. The summed E-state index contributed by atoms with van der Waals surface area (Å²) in [5, 5.41) is 0.791. The first-order chi connectivity index (χ1) is 6.86. The van der Waals surface area contributed by atoms with Gasteiger partial charge in [-0.25, -0.2) is 0 Å². The van der Waals surface area contributed by atoms with E-state index < -0.39 is 0 Å². The highest BCUT2D eigenvalue weighted by atomic mass is 79.9. The fourth-order valence-corrected chi connectivity index (χ4v) is 1.76. The second kappa shape index (κ2) is 7.12. The molecular formula is C10H14BrNOS. The zero-order valence-electron chi connectivity index (χ0n) is 8.20. The minimum Gasteiger partial charge on any atom is -0.491 e. The van der Waals surface area contributed by atoms with Crippen molar-refractivity contribution in [3.05, 3.63) is 24.0 Å². The predicted octanol–water partition coefficient (Wildman–Crippen LogP) is 3.11. The lowest BCUT2D eigenvalue weighted by Gasteiger charge is -2.04. The number of hydrogen-bond donors (Lipinski definition) is 0. The van der Waals surface area contributed by atoms with Crippen LogP contribution in [-0.2, 0) is 5.33 Å². The minimum absolute atomic E-state index is 0.758. The van der Waals surface area contributed by atoms with E-state index in [0.717, 1.165) is 34.9 Å². The highest BCUT2D eigenvalue weighted by molar-refractivity contribution is 9.08. The van der Waals surface area contributed by atoms with Crippen LogP contribution in [0, 0.1) is 0 Å². The highest BCUT2D eigenvalue weighted by Gasteiger charge is 1.95. The van der Waals surface area contributed by atoms with Gasteiger partial charge in [0.1, 0.15) is 5.75 Å². The van der Waals surface area contributed by atoms with Crippen LogP contribution in [0.3, 0.4) is 0 Å². The molecule has 0 amide bonds. The Balaban J connectivity index is 2.29. The van der Waals surface area contributed by atoms with Crippen LogP contribution in [0.5, 0.6) is 5.75 Å². The van der Waals surface area contributed by atoms with Crippen molar-refractivity contribution in [2.24, 2.45) is 0 Å². The number of rotatable bonds is 6. The average Bonchev–Trinajstić information content (AvgIpc) is 2.25. The molecule has 0 atom stereocenters. The van der Waals surface area contributed by atoms with E-state index >= 15 is 0 Å². The zero-order valence-corrected chi connectivity index (χ0v) is 10.6. The van der Waals surface area contributed by atoms with Crippen molar-refractivity contribution in [3.63, 3.8) is 0 Å². The van der Waals surface area contributed by atoms with Gasteiger partial charge in [0, 0.05) is 11.1 Å². The molecule has 2 nitrogen and oxygen atoms in total. The fourth-order valence-electron chi connectivity index (χ4n) is 0.938. The lowest BCUT2D eigenvalue weighted by molar-refractivity contribution is 0.342. The van der Waals surface area contributed by atoms with Crippen molar-refractivity contribution >= 4 is 27.7 Å². The maximum Gasteiger partial charge on any atom is 0.137 e. The van der Waals surface area contributed by atoms with Gasteiger partial charge >= 0.3 is 0 Å². The standard InChI is InChI=1S/C10H14BrNOS/c1-2-14-6-5-13-10-4-3-9(7-11)12-8-10/h3-4,8H,2,5-7H2,1H3. The van der Waals surface area contributed by atoms with Crippen LogP contribution in [0.25, 0.3) is 0 Å². The minimum atomic E-state index is 0.758. The Morgan fingerprint density at radius 1 is 1.50 bits per heavy atom. The number of nitrogens with zero attached hydrogens (tertiary/aromatic N) is 1. The molecule has 14 heavy (non-hydrogen) atoms. The molecule has 0 bridgehead atoms. The van der Waals surface area contributed by atoms with Gasteiger partial charge in [-0.05, 0) is 17.9 Å². The van der Waals surface area contributed by atoms with E-state index in [1.54, 1.807) is 6.20 Å². The van der Waals surface area contributed by atoms with Gasteiger partial charge in [-0.2, -0.15) is 11.8 Å². The first kappa shape index (κ1) is 11.9. The van der Waals surface area contributed by atoms with Crippen molar-refractivity contribution in [3.8, 4) is 5.75 Å². The van der Waals surface area contributed by atoms with E-state index in [1.807, 2.05) is 23.9 Å². The fraction of sp³-hybridized carbons (Fsp3) is 0.500. The van der Waals surface area contributed by atoms with E-state index in [2.05, 4.69) is 27.8 Å². The van der Waals surface area contributed by atoms with Gasteiger partial charge in [0.2, 0.25) is 0 Å². The Morgan fingerprint density at radius 2 is 2.36 bits per heavy atom. The number of pyridine rings is 1. The molecule has 1 rings (SSSR count). The molecule has 0 aliphatic heterocycles. The number of hydrogen-bond acceptors (Lipinski definition) is 3. The third kappa shape index (κ3) is 4.33. The second-order valence-corrected chi connectivity index (χ2v) is 4.62. The molecule has 0 aliphatic carbocycles. The summed E-state index contributed by atoms with van der Waals surface area (Å²) in [4.78, 5) is 4.22. The largest absolute Gasteiger partial charge is 0.491 e. The Kier molecular flexibility index (Phi) is 6.03. The van der Waals surface area contributed by atoms with Gasteiger partial charge in [0.25, 0.3) is 0 Å². The van der Waals surface area contributed by atoms with Crippen LogP contribution in [0.1, 0.15) is 12.6 Å². The molecule has 0 aromatic carbocycles. The van der Waals surface area contributed by atoms with Gasteiger partial charge in [0.15, 0.2) is 0 Å². The van der Waals surface area contributed by atoms with Crippen molar-refractivity contribution in [2.75, 3.05) is 18.1 Å². The molecule has 0 unspecified atom stereocenters. The summed E-state index contributed by atoms with van der Waals surface area (Å²) >= 11 is 5.23. The van der Waals surface area contributed by atoms with E-state index in [-0.39, 0.29) is 0 Å². The Hall–Kier alpha value is -0.220. The van der Waals surface area contributed by atoms with E-state index in [1.165, 1.54) is 0 Å². The quantitative estimate of drug-likeness (QED) is 0.588. The SMILES string of the molecule is CCSCCOc1ccc(CBr)nc1. The van der Waals surface area contributed by atoms with Crippen LogP contribution in [0.15, 0.2) is 18.3 Å². The second-order valence-electron chi connectivity index (χ2n) is 2.66. The molecule has 1 aromatic heterocycles. The summed E-state index contributed by atoms with van der Waals surface area (Å²) in [6.07, 6.45) is 1.77. The van der Waals surface area contributed by atoms with Gasteiger partial charge in [0.05, 0.1) is 18.5 Å². The van der Waals surface area contributed by atoms with Gasteiger partial charge in [-0.3, -0.25) is 4.98 Å². The van der Waals surface area contributed by atoms with Gasteiger partial charge in [-0.1, -0.05) is 22.9 Å². The van der Waals surface area contributed by atoms with Crippen LogP contribution in [0.4, 0.5) is 0 Å². The summed E-state index contributed by atoms with van der Waals surface area (Å²) in [5.41, 5.74) is 1.03. The van der Waals surface area contributed by atoms with Crippen LogP contribution >= 0.6 is 27.7 Å². The number of ether oxygens (including phenoxy) is 1. The monoisotopic (exact) mass is 275 g/mol. The number of aromatic nitrogens is 1. The molecule has 1 aromatic rings. The Bertz CT molecular complexity index is 253. The van der Waals surface area contributed by atoms with E-state index in [4.69, 9.17) is 4.74 Å². The topological polar surface area (TPSA) is 22.1 Å². The smallest absolute Gasteiger partial charge is 0.137 e. The molecular weight excluding hydrogens is 262 g/mol. The Morgan fingerprint density at radius 3 is 2.93 bits per heavy atom. The highest BCUT2D eigenvalue weighted by Crippen LogP contribution is 2.11. The third-order valence-corrected chi connectivity index (χ3v) is 3.07. The van der Waals surface area contributed by atoms with Gasteiger partial charge in [-0.15, -0.1) is 0 Å². The van der Waals surface area contributed by atoms with Crippen LogP contribution < -0.4 is 4.74 Å². The normalized spacial score (nSPS) is 10.1. The zero-order chi connectivity index (χ0) is 10.2. The van der Waals surface area contributed by atoms with Gasteiger partial charge < -0.3 is 4.74 Å². The number of halogens is 1. The van der Waals surface area contributed by atoms with Crippen molar-refractivity contribution < 1.29 is 4.74 Å². The van der Waals surface area contributed by atoms with Crippen LogP contribution in [0.2, 0.25) is 0 Å². The summed E-state index contributed by atoms with van der Waals surface area (Å²) in [7, 11) is 0. The molecule has 0 radical (unpaired) electrons.